The second-order valence-corrected chi connectivity index (χ2v) is 4.24. The molecular weight excluding hydrogens is 259 g/mol. The van der Waals surface area contributed by atoms with Crippen molar-refractivity contribution in [1.82, 2.24) is 20.2 Å². The third-order valence-corrected chi connectivity index (χ3v) is 2.80. The number of hydrogen-bond donors (Lipinski definition) is 1. The standard InChI is InChI=1S/C14H11FN4O/c15-12-6-10(9-20)7-13(8-12)19-17-14(16-18-19)11-4-2-1-3-5-11/h1-8,20H,9H2. The first kappa shape index (κ1) is 12.4. The Balaban J connectivity index is 2.00. The lowest BCUT2D eigenvalue weighted by Gasteiger charge is -2.02. The number of aromatic nitrogens is 4. The van der Waals surface area contributed by atoms with Crippen LogP contribution < -0.4 is 0 Å². The van der Waals surface area contributed by atoms with E-state index in [2.05, 4.69) is 15.4 Å². The number of benzene rings is 2. The maximum Gasteiger partial charge on any atom is 0.205 e. The van der Waals surface area contributed by atoms with Crippen LogP contribution in [0.5, 0.6) is 0 Å². The lowest BCUT2D eigenvalue weighted by atomic mass is 10.2. The highest BCUT2D eigenvalue weighted by Gasteiger charge is 2.08. The van der Waals surface area contributed by atoms with Crippen molar-refractivity contribution in [2.24, 2.45) is 0 Å². The van der Waals surface area contributed by atoms with Crippen molar-refractivity contribution in [3.8, 4) is 17.1 Å². The summed E-state index contributed by atoms with van der Waals surface area (Å²) in [6, 6.07) is 13.5. The normalized spacial score (nSPS) is 10.7. The second kappa shape index (κ2) is 5.18. The van der Waals surface area contributed by atoms with E-state index in [-0.39, 0.29) is 6.61 Å². The van der Waals surface area contributed by atoms with Gasteiger partial charge in [-0.15, -0.1) is 15.0 Å². The third-order valence-electron chi connectivity index (χ3n) is 2.80. The van der Waals surface area contributed by atoms with Crippen LogP contribution >= 0.6 is 0 Å². The molecule has 0 radical (unpaired) electrons. The molecule has 0 spiro atoms. The SMILES string of the molecule is OCc1cc(F)cc(-n2nnc(-c3ccccc3)n2)c1. The van der Waals surface area contributed by atoms with Crippen molar-refractivity contribution >= 4 is 0 Å². The number of hydrogen-bond acceptors (Lipinski definition) is 4. The van der Waals surface area contributed by atoms with E-state index in [4.69, 9.17) is 5.11 Å². The van der Waals surface area contributed by atoms with E-state index in [1.54, 1.807) is 6.07 Å². The number of tetrazole rings is 1. The van der Waals surface area contributed by atoms with Gasteiger partial charge < -0.3 is 5.11 Å². The van der Waals surface area contributed by atoms with Crippen LogP contribution in [0.25, 0.3) is 17.1 Å². The Morgan fingerprint density at radius 1 is 1.10 bits per heavy atom. The Hall–Kier alpha value is -2.60. The summed E-state index contributed by atoms with van der Waals surface area (Å²) in [5, 5.41) is 21.1. The molecule has 5 nitrogen and oxygen atoms in total. The van der Waals surface area contributed by atoms with E-state index in [9.17, 15) is 4.39 Å². The van der Waals surface area contributed by atoms with Crippen LogP contribution in [-0.4, -0.2) is 25.3 Å². The lowest BCUT2D eigenvalue weighted by Crippen LogP contribution is -2.01. The molecule has 6 heteroatoms. The second-order valence-electron chi connectivity index (χ2n) is 4.24. The van der Waals surface area contributed by atoms with E-state index in [0.717, 1.165) is 5.56 Å². The van der Waals surface area contributed by atoms with Crippen molar-refractivity contribution in [3.63, 3.8) is 0 Å². The molecule has 0 saturated heterocycles. The molecule has 1 aromatic heterocycles. The molecule has 0 unspecified atom stereocenters. The van der Waals surface area contributed by atoms with Gasteiger partial charge >= 0.3 is 0 Å². The maximum absolute atomic E-state index is 13.4. The highest BCUT2D eigenvalue weighted by molar-refractivity contribution is 5.53. The van der Waals surface area contributed by atoms with E-state index >= 15 is 0 Å². The lowest BCUT2D eigenvalue weighted by molar-refractivity contribution is 0.281. The molecule has 0 aliphatic carbocycles. The van der Waals surface area contributed by atoms with Gasteiger partial charge in [-0.2, -0.15) is 0 Å². The maximum atomic E-state index is 13.4. The van der Waals surface area contributed by atoms with Crippen LogP contribution in [0.3, 0.4) is 0 Å². The smallest absolute Gasteiger partial charge is 0.205 e. The molecule has 0 atom stereocenters. The number of aliphatic hydroxyl groups excluding tert-OH is 1. The first-order chi connectivity index (χ1) is 9.76. The molecule has 3 aromatic rings. The van der Waals surface area contributed by atoms with Gasteiger partial charge in [-0.05, 0) is 22.9 Å². The fourth-order valence-corrected chi connectivity index (χ4v) is 1.87. The Morgan fingerprint density at radius 2 is 1.90 bits per heavy atom. The zero-order valence-electron chi connectivity index (χ0n) is 10.4. The summed E-state index contributed by atoms with van der Waals surface area (Å²) in [5.74, 6) is 0.00511. The van der Waals surface area contributed by atoms with Crippen LogP contribution in [-0.2, 0) is 6.61 Å². The minimum atomic E-state index is -0.454. The summed E-state index contributed by atoms with van der Waals surface area (Å²) in [6.45, 7) is -0.245. The minimum absolute atomic E-state index is 0.245. The number of nitrogens with zero attached hydrogens (tertiary/aromatic N) is 4. The molecule has 0 saturated carbocycles. The fraction of sp³-hybridized carbons (Fsp3) is 0.0714. The average Bonchev–Trinajstić information content (AvgIpc) is 2.97. The Morgan fingerprint density at radius 3 is 2.65 bits per heavy atom. The fourth-order valence-electron chi connectivity index (χ4n) is 1.87. The van der Waals surface area contributed by atoms with Crippen LogP contribution in [0.4, 0.5) is 4.39 Å². The molecule has 0 aliphatic heterocycles. The summed E-state index contributed by atoms with van der Waals surface area (Å²) in [5.41, 5.74) is 1.71. The highest BCUT2D eigenvalue weighted by Crippen LogP contribution is 2.15. The van der Waals surface area contributed by atoms with Gasteiger partial charge in [0.05, 0.1) is 12.3 Å². The average molecular weight is 270 g/mol. The Labute approximate surface area is 114 Å². The number of aliphatic hydroxyl groups is 1. The molecule has 100 valence electrons. The van der Waals surface area contributed by atoms with Gasteiger partial charge in [0.1, 0.15) is 5.82 Å². The van der Waals surface area contributed by atoms with Gasteiger partial charge in [0, 0.05) is 11.6 Å². The van der Waals surface area contributed by atoms with Crippen molar-refractivity contribution in [2.75, 3.05) is 0 Å². The van der Waals surface area contributed by atoms with Crippen molar-refractivity contribution in [2.45, 2.75) is 6.61 Å². The monoisotopic (exact) mass is 270 g/mol. The molecule has 2 aromatic carbocycles. The highest BCUT2D eigenvalue weighted by atomic mass is 19.1. The summed E-state index contributed by atoms with van der Waals surface area (Å²) in [7, 11) is 0. The quantitative estimate of drug-likeness (QED) is 0.790. The van der Waals surface area contributed by atoms with Gasteiger partial charge in [0.15, 0.2) is 0 Å². The van der Waals surface area contributed by atoms with Crippen molar-refractivity contribution in [3.05, 3.63) is 59.9 Å². The van der Waals surface area contributed by atoms with Gasteiger partial charge in [-0.1, -0.05) is 30.3 Å². The molecule has 20 heavy (non-hydrogen) atoms. The zero-order valence-corrected chi connectivity index (χ0v) is 10.4. The molecule has 1 N–H and O–H groups in total. The third kappa shape index (κ3) is 2.41. The number of rotatable bonds is 3. The number of halogens is 1. The summed E-state index contributed by atoms with van der Waals surface area (Å²) in [6.07, 6.45) is 0. The molecule has 3 rings (SSSR count). The molecule has 0 bridgehead atoms. The van der Waals surface area contributed by atoms with E-state index in [1.165, 1.54) is 16.9 Å². The van der Waals surface area contributed by atoms with Crippen LogP contribution in [0, 0.1) is 5.82 Å². The largest absolute Gasteiger partial charge is 0.392 e. The van der Waals surface area contributed by atoms with Gasteiger partial charge in [0.25, 0.3) is 0 Å². The van der Waals surface area contributed by atoms with Gasteiger partial charge in [-0.25, -0.2) is 4.39 Å². The summed E-state index contributed by atoms with van der Waals surface area (Å²) < 4.78 is 13.4. The first-order valence-corrected chi connectivity index (χ1v) is 6.02. The van der Waals surface area contributed by atoms with E-state index in [0.29, 0.717) is 17.1 Å². The van der Waals surface area contributed by atoms with E-state index in [1.807, 2.05) is 30.3 Å². The van der Waals surface area contributed by atoms with Crippen LogP contribution in [0.15, 0.2) is 48.5 Å². The van der Waals surface area contributed by atoms with Crippen LogP contribution in [0.2, 0.25) is 0 Å². The molecule has 1 heterocycles. The predicted molar refractivity (Wildman–Crippen MR) is 70.5 cm³/mol. The molecular formula is C14H11FN4O. The van der Waals surface area contributed by atoms with Crippen molar-refractivity contribution in [1.29, 1.82) is 0 Å². The topological polar surface area (TPSA) is 63.8 Å². The molecule has 0 amide bonds. The molecule has 0 fully saturated rings. The molecule has 0 aliphatic rings. The van der Waals surface area contributed by atoms with Gasteiger partial charge in [-0.3, -0.25) is 0 Å². The minimum Gasteiger partial charge on any atom is -0.392 e. The summed E-state index contributed by atoms with van der Waals surface area (Å²) >= 11 is 0. The van der Waals surface area contributed by atoms with E-state index < -0.39 is 5.82 Å². The Bertz CT molecular complexity index is 727. The first-order valence-electron chi connectivity index (χ1n) is 6.02. The van der Waals surface area contributed by atoms with Crippen molar-refractivity contribution < 1.29 is 9.50 Å². The Kier molecular flexibility index (Phi) is 3.22. The summed E-state index contributed by atoms with van der Waals surface area (Å²) in [4.78, 5) is 1.24. The van der Waals surface area contributed by atoms with Crippen LogP contribution in [0.1, 0.15) is 5.56 Å². The zero-order chi connectivity index (χ0) is 13.9. The van der Waals surface area contributed by atoms with Gasteiger partial charge in [0.2, 0.25) is 5.82 Å². The predicted octanol–water partition coefficient (Wildman–Crippen LogP) is 1.96.